The summed E-state index contributed by atoms with van der Waals surface area (Å²) in [5.41, 5.74) is 0. The second-order valence-corrected chi connectivity index (χ2v) is 5.19. The molecule has 2 atom stereocenters. The maximum Gasteiger partial charge on any atom is 0.317 e. The first-order valence-corrected chi connectivity index (χ1v) is 6.16. The molecule has 2 unspecified atom stereocenters. The number of unbranched alkanes of at least 4 members (excludes halogenated alkanes) is 2. The van der Waals surface area contributed by atoms with Gasteiger partial charge in [-0.2, -0.15) is 0 Å². The summed E-state index contributed by atoms with van der Waals surface area (Å²) in [6, 6.07) is 0. The van der Waals surface area contributed by atoms with Gasteiger partial charge in [-0.1, -0.05) is 26.2 Å². The van der Waals surface area contributed by atoms with Crippen LogP contribution in [0.1, 0.15) is 46.5 Å². The molecule has 3 nitrogen and oxygen atoms in total. The van der Waals surface area contributed by atoms with E-state index in [0.29, 0.717) is 6.61 Å². The van der Waals surface area contributed by atoms with Crippen molar-refractivity contribution in [3.05, 3.63) is 0 Å². The molecular formula is C11H23O3P. The number of hydrogen-bond acceptors (Lipinski definition) is 3. The summed E-state index contributed by atoms with van der Waals surface area (Å²) in [5.74, 6) is -0.197. The van der Waals surface area contributed by atoms with Crippen LogP contribution in [0, 0.1) is 0 Å². The van der Waals surface area contributed by atoms with E-state index in [1.54, 1.807) is 0 Å². The lowest BCUT2D eigenvalue weighted by Crippen LogP contribution is -2.31. The molecular weight excluding hydrogens is 211 g/mol. The SMILES string of the molecule is CCCCCC(C)(P)C(=O)OCOCC. The maximum absolute atomic E-state index is 11.6. The van der Waals surface area contributed by atoms with E-state index in [1.165, 1.54) is 0 Å². The Bertz CT molecular complexity index is 181. The molecule has 0 spiro atoms. The van der Waals surface area contributed by atoms with Crippen molar-refractivity contribution < 1.29 is 14.3 Å². The monoisotopic (exact) mass is 234 g/mol. The minimum atomic E-state index is -0.466. The Morgan fingerprint density at radius 3 is 2.53 bits per heavy atom. The lowest BCUT2D eigenvalue weighted by Gasteiger charge is -2.21. The van der Waals surface area contributed by atoms with Crippen LogP contribution in [0.3, 0.4) is 0 Å². The Labute approximate surface area is 95.1 Å². The van der Waals surface area contributed by atoms with Gasteiger partial charge in [-0.25, -0.2) is 0 Å². The van der Waals surface area contributed by atoms with Gasteiger partial charge in [0.15, 0.2) is 6.79 Å². The average molecular weight is 234 g/mol. The van der Waals surface area contributed by atoms with Gasteiger partial charge in [-0.15, -0.1) is 9.24 Å². The number of carbonyl (C=O) groups is 1. The molecule has 0 fully saturated rings. The fraction of sp³-hybridized carbons (Fsp3) is 0.909. The first kappa shape index (κ1) is 14.9. The summed E-state index contributed by atoms with van der Waals surface area (Å²) < 4.78 is 9.97. The van der Waals surface area contributed by atoms with Crippen LogP contribution in [0.5, 0.6) is 0 Å². The number of rotatable bonds is 8. The highest BCUT2D eigenvalue weighted by atomic mass is 31.0. The smallest absolute Gasteiger partial charge is 0.317 e. The van der Waals surface area contributed by atoms with Crippen molar-refractivity contribution in [2.24, 2.45) is 0 Å². The third-order valence-corrected chi connectivity index (χ3v) is 2.77. The quantitative estimate of drug-likeness (QED) is 0.280. The van der Waals surface area contributed by atoms with E-state index >= 15 is 0 Å². The van der Waals surface area contributed by atoms with E-state index in [-0.39, 0.29) is 12.8 Å². The van der Waals surface area contributed by atoms with Crippen LogP contribution < -0.4 is 0 Å². The molecule has 0 bridgehead atoms. The second-order valence-electron chi connectivity index (χ2n) is 3.92. The van der Waals surface area contributed by atoms with Gasteiger partial charge in [0.25, 0.3) is 0 Å². The van der Waals surface area contributed by atoms with Crippen molar-refractivity contribution in [3.63, 3.8) is 0 Å². The zero-order chi connectivity index (χ0) is 11.7. The van der Waals surface area contributed by atoms with Crippen molar-refractivity contribution in [3.8, 4) is 0 Å². The van der Waals surface area contributed by atoms with Crippen LogP contribution in [-0.4, -0.2) is 24.5 Å². The van der Waals surface area contributed by atoms with Crippen molar-refractivity contribution in [1.29, 1.82) is 0 Å². The fourth-order valence-corrected chi connectivity index (χ4v) is 1.48. The summed E-state index contributed by atoms with van der Waals surface area (Å²) in [7, 11) is 2.58. The van der Waals surface area contributed by atoms with E-state index in [1.807, 2.05) is 13.8 Å². The molecule has 90 valence electrons. The van der Waals surface area contributed by atoms with Crippen LogP contribution in [0.15, 0.2) is 0 Å². The molecule has 15 heavy (non-hydrogen) atoms. The van der Waals surface area contributed by atoms with Crippen molar-refractivity contribution in [1.82, 2.24) is 0 Å². The Kier molecular flexibility index (Phi) is 7.99. The molecule has 0 saturated carbocycles. The van der Waals surface area contributed by atoms with E-state index < -0.39 is 5.16 Å². The molecule has 0 rings (SSSR count). The highest BCUT2D eigenvalue weighted by Crippen LogP contribution is 2.26. The van der Waals surface area contributed by atoms with Crippen LogP contribution >= 0.6 is 9.24 Å². The van der Waals surface area contributed by atoms with Gasteiger partial charge in [0.05, 0.1) is 5.16 Å². The minimum absolute atomic E-state index is 0.0626. The van der Waals surface area contributed by atoms with Crippen LogP contribution in [-0.2, 0) is 14.3 Å². The van der Waals surface area contributed by atoms with Crippen LogP contribution in [0.4, 0.5) is 0 Å². The fourth-order valence-electron chi connectivity index (χ4n) is 1.19. The van der Waals surface area contributed by atoms with Gasteiger partial charge in [0, 0.05) is 6.61 Å². The molecule has 0 aliphatic heterocycles. The molecule has 0 aromatic carbocycles. The van der Waals surface area contributed by atoms with Gasteiger partial charge in [0.1, 0.15) is 0 Å². The zero-order valence-corrected chi connectivity index (χ0v) is 11.2. The summed E-state index contributed by atoms with van der Waals surface area (Å²) in [6.45, 7) is 6.54. The third kappa shape index (κ3) is 6.86. The Morgan fingerprint density at radius 1 is 1.33 bits per heavy atom. The summed E-state index contributed by atoms with van der Waals surface area (Å²) in [5, 5.41) is -0.466. The van der Waals surface area contributed by atoms with Gasteiger partial charge in [-0.3, -0.25) is 4.79 Å². The van der Waals surface area contributed by atoms with Crippen LogP contribution in [0.25, 0.3) is 0 Å². The van der Waals surface area contributed by atoms with Gasteiger partial charge in [0.2, 0.25) is 0 Å². The molecule has 0 N–H and O–H groups in total. The van der Waals surface area contributed by atoms with Gasteiger partial charge in [-0.05, 0) is 20.3 Å². The maximum atomic E-state index is 11.6. The third-order valence-electron chi connectivity index (χ3n) is 2.24. The van der Waals surface area contributed by atoms with Gasteiger partial charge >= 0.3 is 5.97 Å². The number of ether oxygens (including phenoxy) is 2. The molecule has 0 aromatic rings. The van der Waals surface area contributed by atoms with E-state index in [2.05, 4.69) is 16.2 Å². The second kappa shape index (κ2) is 8.06. The average Bonchev–Trinajstić information content (AvgIpc) is 2.18. The number of carbonyl (C=O) groups excluding carboxylic acids is 1. The Hall–Kier alpha value is -0.140. The van der Waals surface area contributed by atoms with E-state index in [0.717, 1.165) is 25.7 Å². The van der Waals surface area contributed by atoms with Crippen molar-refractivity contribution >= 4 is 15.2 Å². The predicted octanol–water partition coefficient (Wildman–Crippen LogP) is 2.74. The molecule has 0 aromatic heterocycles. The normalized spacial score (nSPS) is 14.7. The molecule has 0 heterocycles. The summed E-state index contributed by atoms with van der Waals surface area (Å²) >= 11 is 0. The van der Waals surface area contributed by atoms with E-state index in [4.69, 9.17) is 9.47 Å². The summed E-state index contributed by atoms with van der Waals surface area (Å²) in [6.07, 6.45) is 4.22. The molecule has 0 amide bonds. The van der Waals surface area contributed by atoms with Crippen molar-refractivity contribution in [2.45, 2.75) is 51.6 Å². The first-order valence-electron chi connectivity index (χ1n) is 5.58. The molecule has 0 aliphatic rings. The topological polar surface area (TPSA) is 35.5 Å². The minimum Gasteiger partial charge on any atom is -0.438 e. The predicted molar refractivity (Wildman–Crippen MR) is 64.8 cm³/mol. The largest absolute Gasteiger partial charge is 0.438 e. The highest BCUT2D eigenvalue weighted by molar-refractivity contribution is 7.20. The lowest BCUT2D eigenvalue weighted by molar-refractivity contribution is -0.158. The Morgan fingerprint density at radius 2 is 2.00 bits per heavy atom. The number of esters is 1. The lowest BCUT2D eigenvalue weighted by atomic mass is 10.0. The van der Waals surface area contributed by atoms with Crippen LogP contribution in [0.2, 0.25) is 0 Å². The van der Waals surface area contributed by atoms with E-state index in [9.17, 15) is 4.79 Å². The standard InChI is InChI=1S/C11H23O3P/c1-4-6-7-8-11(3,15)10(12)14-9-13-5-2/h4-9,15H2,1-3H3. The molecule has 0 saturated heterocycles. The number of hydrogen-bond donors (Lipinski definition) is 0. The van der Waals surface area contributed by atoms with Crippen molar-refractivity contribution in [2.75, 3.05) is 13.4 Å². The Balaban J connectivity index is 3.80. The van der Waals surface area contributed by atoms with Gasteiger partial charge < -0.3 is 9.47 Å². The highest BCUT2D eigenvalue weighted by Gasteiger charge is 2.28. The molecule has 4 heteroatoms. The first-order chi connectivity index (χ1) is 7.04. The molecule has 0 radical (unpaired) electrons. The molecule has 0 aliphatic carbocycles. The summed E-state index contributed by atoms with van der Waals surface area (Å²) in [4.78, 5) is 11.6. The zero-order valence-electron chi connectivity index (χ0n) is 10.0.